The van der Waals surface area contributed by atoms with Crippen LogP contribution in [0.3, 0.4) is 0 Å². The molecular formula is C26H30N4O3. The van der Waals surface area contributed by atoms with Crippen LogP contribution in [0.15, 0.2) is 60.7 Å². The zero-order chi connectivity index (χ0) is 23.0. The molecule has 1 amide bonds. The van der Waals surface area contributed by atoms with E-state index in [1.165, 1.54) is 0 Å². The second kappa shape index (κ2) is 10.8. The third-order valence-electron chi connectivity index (χ3n) is 6.00. The summed E-state index contributed by atoms with van der Waals surface area (Å²) in [7, 11) is 3.24. The Morgan fingerprint density at radius 2 is 1.85 bits per heavy atom. The number of nitrogens with one attached hydrogen (secondary N) is 1. The maximum absolute atomic E-state index is 12.8. The van der Waals surface area contributed by atoms with E-state index in [0.717, 1.165) is 48.4 Å². The van der Waals surface area contributed by atoms with Crippen LogP contribution in [0.5, 0.6) is 11.5 Å². The van der Waals surface area contributed by atoms with E-state index in [2.05, 4.69) is 20.4 Å². The molecular weight excluding hydrogens is 416 g/mol. The maximum Gasteiger partial charge on any atom is 0.224 e. The number of nitrogens with zero attached hydrogens (tertiary/aromatic N) is 3. The number of carbonyl (C=O) groups excluding carboxylic acids is 1. The lowest BCUT2D eigenvalue weighted by atomic mass is 9.97. The van der Waals surface area contributed by atoms with Crippen molar-refractivity contribution in [2.45, 2.75) is 19.3 Å². The summed E-state index contributed by atoms with van der Waals surface area (Å²) in [4.78, 5) is 15.0. The highest BCUT2D eigenvalue weighted by molar-refractivity contribution is 5.79. The van der Waals surface area contributed by atoms with Crippen molar-refractivity contribution in [3.8, 4) is 22.8 Å². The lowest BCUT2D eigenvalue weighted by molar-refractivity contribution is -0.125. The van der Waals surface area contributed by atoms with Crippen LogP contribution in [0.25, 0.3) is 11.3 Å². The first-order valence-electron chi connectivity index (χ1n) is 11.3. The van der Waals surface area contributed by atoms with Crippen molar-refractivity contribution in [3.05, 3.63) is 66.2 Å². The molecule has 1 saturated heterocycles. The molecule has 0 spiro atoms. The largest absolute Gasteiger partial charge is 0.493 e. The van der Waals surface area contributed by atoms with E-state index in [9.17, 15) is 4.79 Å². The molecule has 1 unspecified atom stereocenters. The second-order valence-electron chi connectivity index (χ2n) is 8.16. The lowest BCUT2D eigenvalue weighted by Gasteiger charge is -2.32. The zero-order valence-electron chi connectivity index (χ0n) is 19.2. The Balaban J connectivity index is 1.30. The van der Waals surface area contributed by atoms with Gasteiger partial charge in [-0.05, 0) is 49.1 Å². The summed E-state index contributed by atoms with van der Waals surface area (Å²) in [5, 5.41) is 11.9. The topological polar surface area (TPSA) is 76.6 Å². The molecule has 1 atom stereocenters. The predicted molar refractivity (Wildman–Crippen MR) is 129 cm³/mol. The fourth-order valence-corrected chi connectivity index (χ4v) is 4.17. The first kappa shape index (κ1) is 22.6. The first-order valence-corrected chi connectivity index (χ1v) is 11.3. The van der Waals surface area contributed by atoms with E-state index in [1.807, 2.05) is 60.7 Å². The molecule has 1 aromatic heterocycles. The van der Waals surface area contributed by atoms with Crippen LogP contribution in [-0.2, 0) is 11.2 Å². The fourth-order valence-electron chi connectivity index (χ4n) is 4.17. The standard InChI is InChI=1S/C26H30N4O3/c1-32-23-12-10-19(17-24(23)33-2)14-15-27-26(31)21-9-6-16-30(18-21)25-13-11-22(28-29-25)20-7-4-3-5-8-20/h3-5,7-8,10-13,17,21H,6,9,14-16,18H2,1-2H3,(H,27,31). The Hall–Kier alpha value is -3.61. The average Bonchev–Trinajstić information content (AvgIpc) is 2.89. The number of piperidine rings is 1. The van der Waals surface area contributed by atoms with Gasteiger partial charge in [0.25, 0.3) is 0 Å². The van der Waals surface area contributed by atoms with Crippen LogP contribution in [0.1, 0.15) is 18.4 Å². The third kappa shape index (κ3) is 5.61. The van der Waals surface area contributed by atoms with Gasteiger partial charge in [-0.3, -0.25) is 4.79 Å². The van der Waals surface area contributed by atoms with Crippen LogP contribution in [-0.4, -0.2) is 50.0 Å². The van der Waals surface area contributed by atoms with Crippen molar-refractivity contribution in [1.29, 1.82) is 0 Å². The van der Waals surface area contributed by atoms with Gasteiger partial charge < -0.3 is 19.7 Å². The number of ether oxygens (including phenoxy) is 2. The molecule has 172 valence electrons. The monoisotopic (exact) mass is 446 g/mol. The van der Waals surface area contributed by atoms with Gasteiger partial charge in [-0.1, -0.05) is 36.4 Å². The van der Waals surface area contributed by atoms with Gasteiger partial charge >= 0.3 is 0 Å². The second-order valence-corrected chi connectivity index (χ2v) is 8.16. The van der Waals surface area contributed by atoms with Crippen LogP contribution in [0.4, 0.5) is 5.82 Å². The summed E-state index contributed by atoms with van der Waals surface area (Å²) in [5.41, 5.74) is 2.98. The number of benzene rings is 2. The zero-order valence-corrected chi connectivity index (χ0v) is 19.2. The van der Waals surface area contributed by atoms with E-state index in [4.69, 9.17) is 9.47 Å². The molecule has 4 rings (SSSR count). The Morgan fingerprint density at radius 1 is 1.03 bits per heavy atom. The number of hydrogen-bond acceptors (Lipinski definition) is 6. The normalized spacial score (nSPS) is 15.7. The molecule has 2 aromatic carbocycles. The summed E-state index contributed by atoms with van der Waals surface area (Å²) < 4.78 is 10.6. The average molecular weight is 447 g/mol. The van der Waals surface area contributed by atoms with Gasteiger partial charge in [-0.2, -0.15) is 0 Å². The Bertz CT molecular complexity index is 1060. The molecule has 1 N–H and O–H groups in total. The molecule has 33 heavy (non-hydrogen) atoms. The van der Waals surface area contributed by atoms with E-state index in [-0.39, 0.29) is 11.8 Å². The SMILES string of the molecule is COc1ccc(CCNC(=O)C2CCCN(c3ccc(-c4ccccc4)nn3)C2)cc1OC. The molecule has 0 radical (unpaired) electrons. The summed E-state index contributed by atoms with van der Waals surface area (Å²) in [6.07, 6.45) is 2.57. The van der Waals surface area contributed by atoms with Crippen molar-refractivity contribution in [2.24, 2.45) is 5.92 Å². The van der Waals surface area contributed by atoms with E-state index in [1.54, 1.807) is 14.2 Å². The van der Waals surface area contributed by atoms with Gasteiger partial charge in [-0.15, -0.1) is 10.2 Å². The minimum absolute atomic E-state index is 0.0558. The van der Waals surface area contributed by atoms with Crippen LogP contribution >= 0.6 is 0 Å². The van der Waals surface area contributed by atoms with Crippen molar-refractivity contribution in [2.75, 3.05) is 38.8 Å². The Labute approximate surface area is 194 Å². The molecule has 3 aromatic rings. The highest BCUT2D eigenvalue weighted by Gasteiger charge is 2.26. The van der Waals surface area contributed by atoms with Crippen molar-refractivity contribution < 1.29 is 14.3 Å². The number of hydrogen-bond donors (Lipinski definition) is 1. The number of aromatic nitrogens is 2. The first-order chi connectivity index (χ1) is 16.2. The highest BCUT2D eigenvalue weighted by atomic mass is 16.5. The molecule has 2 heterocycles. The highest BCUT2D eigenvalue weighted by Crippen LogP contribution is 2.28. The molecule has 0 bridgehead atoms. The van der Waals surface area contributed by atoms with Gasteiger partial charge in [0.05, 0.1) is 25.8 Å². The minimum atomic E-state index is -0.0558. The number of amides is 1. The number of rotatable bonds is 8. The molecule has 1 aliphatic heterocycles. The van der Waals surface area contributed by atoms with E-state index in [0.29, 0.717) is 24.6 Å². The molecule has 7 nitrogen and oxygen atoms in total. The van der Waals surface area contributed by atoms with Crippen LogP contribution < -0.4 is 19.7 Å². The van der Waals surface area contributed by atoms with Gasteiger partial charge in [0.15, 0.2) is 17.3 Å². The fraction of sp³-hybridized carbons (Fsp3) is 0.346. The summed E-state index contributed by atoms with van der Waals surface area (Å²) in [6, 6.07) is 19.8. The van der Waals surface area contributed by atoms with Crippen LogP contribution in [0.2, 0.25) is 0 Å². The Kier molecular flexibility index (Phi) is 7.40. The van der Waals surface area contributed by atoms with Crippen LogP contribution in [0, 0.1) is 5.92 Å². The smallest absolute Gasteiger partial charge is 0.224 e. The van der Waals surface area contributed by atoms with Crippen molar-refractivity contribution in [1.82, 2.24) is 15.5 Å². The van der Waals surface area contributed by atoms with Gasteiger partial charge in [0, 0.05) is 25.2 Å². The number of anilines is 1. The molecule has 1 aliphatic rings. The van der Waals surface area contributed by atoms with E-state index >= 15 is 0 Å². The Morgan fingerprint density at radius 3 is 2.58 bits per heavy atom. The third-order valence-corrected chi connectivity index (χ3v) is 6.00. The maximum atomic E-state index is 12.8. The van der Waals surface area contributed by atoms with E-state index < -0.39 is 0 Å². The molecule has 0 saturated carbocycles. The van der Waals surface area contributed by atoms with Gasteiger partial charge in [-0.25, -0.2) is 0 Å². The number of methoxy groups -OCH3 is 2. The van der Waals surface area contributed by atoms with Gasteiger partial charge in [0.1, 0.15) is 0 Å². The molecule has 7 heteroatoms. The lowest BCUT2D eigenvalue weighted by Crippen LogP contribution is -2.43. The summed E-state index contributed by atoms with van der Waals surface area (Å²) in [5.74, 6) is 2.25. The summed E-state index contributed by atoms with van der Waals surface area (Å²) in [6.45, 7) is 2.12. The van der Waals surface area contributed by atoms with Crippen molar-refractivity contribution in [3.63, 3.8) is 0 Å². The van der Waals surface area contributed by atoms with Gasteiger partial charge in [0.2, 0.25) is 5.91 Å². The predicted octanol–water partition coefficient (Wildman–Crippen LogP) is 3.74. The minimum Gasteiger partial charge on any atom is -0.493 e. The quantitative estimate of drug-likeness (QED) is 0.568. The number of carbonyl (C=O) groups is 1. The molecule has 1 fully saturated rings. The summed E-state index contributed by atoms with van der Waals surface area (Å²) >= 11 is 0. The van der Waals surface area contributed by atoms with Crippen molar-refractivity contribution >= 4 is 11.7 Å². The molecule has 0 aliphatic carbocycles.